The minimum absolute atomic E-state index is 0.645. The van der Waals surface area contributed by atoms with Crippen LogP contribution in [0.2, 0.25) is 0 Å². The Hall–Kier alpha value is -0.120. The first-order valence-electron chi connectivity index (χ1n) is 5.96. The standard InChI is InChI=1S/C11H25N2O/c1-2-13(7-4-3-5-8-13)9-11-14-10-6-12/h2-12H2,1H3/q+1. The van der Waals surface area contributed by atoms with E-state index in [1.54, 1.807) is 0 Å². The molecule has 1 rings (SSSR count). The summed E-state index contributed by atoms with van der Waals surface area (Å²) in [4.78, 5) is 0. The highest BCUT2D eigenvalue weighted by Crippen LogP contribution is 2.17. The van der Waals surface area contributed by atoms with Crippen molar-refractivity contribution in [3.63, 3.8) is 0 Å². The molecule has 0 aromatic carbocycles. The first kappa shape index (κ1) is 12.0. The van der Waals surface area contributed by atoms with Gasteiger partial charge in [-0.3, -0.25) is 0 Å². The molecule has 84 valence electrons. The number of likely N-dealkylation sites (N-methyl/N-ethyl adjacent to an activating group) is 1. The van der Waals surface area contributed by atoms with Crippen LogP contribution in [0.3, 0.4) is 0 Å². The number of nitrogens with zero attached hydrogens (tertiary/aromatic N) is 1. The van der Waals surface area contributed by atoms with Crippen molar-refractivity contribution in [2.24, 2.45) is 5.73 Å². The molecule has 0 bridgehead atoms. The van der Waals surface area contributed by atoms with Crippen molar-refractivity contribution in [2.45, 2.75) is 26.2 Å². The second-order valence-electron chi connectivity index (χ2n) is 4.29. The summed E-state index contributed by atoms with van der Waals surface area (Å²) in [5.74, 6) is 0. The number of quaternary nitrogens is 1. The van der Waals surface area contributed by atoms with Gasteiger partial charge in [0, 0.05) is 6.54 Å². The number of hydrogen-bond donors (Lipinski definition) is 1. The van der Waals surface area contributed by atoms with E-state index in [1.165, 1.54) is 49.9 Å². The molecule has 3 nitrogen and oxygen atoms in total. The van der Waals surface area contributed by atoms with Gasteiger partial charge in [-0.15, -0.1) is 0 Å². The molecule has 1 aliphatic rings. The molecular weight excluding hydrogens is 176 g/mol. The molecule has 1 aliphatic heterocycles. The van der Waals surface area contributed by atoms with E-state index in [0.717, 1.165) is 6.61 Å². The van der Waals surface area contributed by atoms with Crippen molar-refractivity contribution >= 4 is 0 Å². The molecule has 0 aliphatic carbocycles. The molecule has 0 amide bonds. The zero-order valence-corrected chi connectivity index (χ0v) is 9.50. The highest BCUT2D eigenvalue weighted by molar-refractivity contribution is 4.53. The number of piperidine rings is 1. The van der Waals surface area contributed by atoms with Crippen molar-refractivity contribution in [3.8, 4) is 0 Å². The molecule has 0 saturated carbocycles. The molecule has 3 heteroatoms. The van der Waals surface area contributed by atoms with Gasteiger partial charge in [0.1, 0.15) is 6.54 Å². The van der Waals surface area contributed by atoms with Gasteiger partial charge in [0.05, 0.1) is 32.8 Å². The van der Waals surface area contributed by atoms with Gasteiger partial charge in [0.25, 0.3) is 0 Å². The second kappa shape index (κ2) is 6.38. The van der Waals surface area contributed by atoms with Crippen LogP contribution < -0.4 is 5.73 Å². The molecule has 0 aromatic heterocycles. The van der Waals surface area contributed by atoms with Crippen molar-refractivity contribution in [1.29, 1.82) is 0 Å². The second-order valence-corrected chi connectivity index (χ2v) is 4.29. The number of likely N-dealkylation sites (tertiary alicyclic amines) is 1. The third-order valence-corrected chi connectivity index (χ3v) is 3.41. The number of hydrogen-bond acceptors (Lipinski definition) is 2. The zero-order valence-electron chi connectivity index (χ0n) is 9.50. The van der Waals surface area contributed by atoms with Crippen LogP contribution in [0.1, 0.15) is 26.2 Å². The first-order valence-corrected chi connectivity index (χ1v) is 5.96. The van der Waals surface area contributed by atoms with Crippen LogP contribution in [0.5, 0.6) is 0 Å². The molecular formula is C11H25N2O+. The van der Waals surface area contributed by atoms with Crippen LogP contribution in [0, 0.1) is 0 Å². The number of ether oxygens (including phenoxy) is 1. The Labute approximate surface area is 87.8 Å². The van der Waals surface area contributed by atoms with E-state index >= 15 is 0 Å². The summed E-state index contributed by atoms with van der Waals surface area (Å²) in [5, 5.41) is 0. The summed E-state index contributed by atoms with van der Waals surface area (Å²) in [6.45, 7) is 9.67. The molecule has 0 unspecified atom stereocenters. The topological polar surface area (TPSA) is 35.2 Å². The average molecular weight is 201 g/mol. The van der Waals surface area contributed by atoms with Gasteiger partial charge in [-0.2, -0.15) is 0 Å². The fourth-order valence-electron chi connectivity index (χ4n) is 2.32. The lowest BCUT2D eigenvalue weighted by molar-refractivity contribution is -0.931. The number of nitrogens with two attached hydrogens (primary N) is 1. The lowest BCUT2D eigenvalue weighted by Gasteiger charge is -2.40. The Morgan fingerprint density at radius 3 is 2.43 bits per heavy atom. The highest BCUT2D eigenvalue weighted by Gasteiger charge is 2.27. The van der Waals surface area contributed by atoms with Crippen LogP contribution >= 0.6 is 0 Å². The van der Waals surface area contributed by atoms with E-state index < -0.39 is 0 Å². The third kappa shape index (κ3) is 3.56. The zero-order chi connectivity index (χ0) is 10.3. The summed E-state index contributed by atoms with van der Waals surface area (Å²) < 4.78 is 6.74. The van der Waals surface area contributed by atoms with Crippen LogP contribution in [0.15, 0.2) is 0 Å². The fourth-order valence-corrected chi connectivity index (χ4v) is 2.32. The van der Waals surface area contributed by atoms with Crippen molar-refractivity contribution in [3.05, 3.63) is 0 Å². The fraction of sp³-hybridized carbons (Fsp3) is 1.00. The van der Waals surface area contributed by atoms with Gasteiger partial charge >= 0.3 is 0 Å². The summed E-state index contributed by atoms with van der Waals surface area (Å²) in [6.07, 6.45) is 4.21. The van der Waals surface area contributed by atoms with Crippen molar-refractivity contribution < 1.29 is 9.22 Å². The summed E-state index contributed by atoms with van der Waals surface area (Å²) in [5.41, 5.74) is 5.38. The van der Waals surface area contributed by atoms with E-state index in [9.17, 15) is 0 Å². The van der Waals surface area contributed by atoms with E-state index in [4.69, 9.17) is 10.5 Å². The van der Waals surface area contributed by atoms with E-state index in [1.807, 2.05) is 0 Å². The first-order chi connectivity index (χ1) is 6.83. The quantitative estimate of drug-likeness (QED) is 0.513. The van der Waals surface area contributed by atoms with Gasteiger partial charge in [0.2, 0.25) is 0 Å². The largest absolute Gasteiger partial charge is 0.374 e. The predicted octanol–water partition coefficient (Wildman–Crippen LogP) is 0.982. The lowest BCUT2D eigenvalue weighted by atomic mass is 10.1. The average Bonchev–Trinajstić information content (AvgIpc) is 2.26. The highest BCUT2D eigenvalue weighted by atomic mass is 16.5. The molecule has 0 spiro atoms. The molecule has 1 saturated heterocycles. The van der Waals surface area contributed by atoms with Crippen molar-refractivity contribution in [2.75, 3.05) is 45.9 Å². The van der Waals surface area contributed by atoms with Crippen molar-refractivity contribution in [1.82, 2.24) is 0 Å². The van der Waals surface area contributed by atoms with E-state index in [2.05, 4.69) is 6.92 Å². The van der Waals surface area contributed by atoms with Crippen LogP contribution in [-0.4, -0.2) is 50.4 Å². The van der Waals surface area contributed by atoms with Crippen LogP contribution in [0.4, 0.5) is 0 Å². The minimum atomic E-state index is 0.645. The smallest absolute Gasteiger partial charge is 0.102 e. The Morgan fingerprint density at radius 2 is 1.86 bits per heavy atom. The molecule has 0 aromatic rings. The van der Waals surface area contributed by atoms with Gasteiger partial charge in [-0.1, -0.05) is 0 Å². The maximum atomic E-state index is 5.47. The normalized spacial score (nSPS) is 21.0. The Bertz CT molecular complexity index is 144. The van der Waals surface area contributed by atoms with Gasteiger partial charge in [-0.05, 0) is 26.2 Å². The molecule has 1 heterocycles. The predicted molar refractivity (Wildman–Crippen MR) is 59.1 cm³/mol. The molecule has 0 radical (unpaired) electrons. The van der Waals surface area contributed by atoms with Gasteiger partial charge in [-0.25, -0.2) is 0 Å². The minimum Gasteiger partial charge on any atom is -0.374 e. The Morgan fingerprint density at radius 1 is 1.14 bits per heavy atom. The van der Waals surface area contributed by atoms with Gasteiger partial charge < -0.3 is 15.0 Å². The monoisotopic (exact) mass is 201 g/mol. The Balaban J connectivity index is 2.22. The van der Waals surface area contributed by atoms with E-state index in [0.29, 0.717) is 13.2 Å². The molecule has 0 atom stereocenters. The molecule has 14 heavy (non-hydrogen) atoms. The number of rotatable bonds is 6. The van der Waals surface area contributed by atoms with Crippen LogP contribution in [-0.2, 0) is 4.74 Å². The molecule has 1 fully saturated rings. The summed E-state index contributed by atoms with van der Waals surface area (Å²) in [6, 6.07) is 0. The lowest BCUT2D eigenvalue weighted by Crippen LogP contribution is -2.53. The maximum Gasteiger partial charge on any atom is 0.102 e. The maximum absolute atomic E-state index is 5.47. The third-order valence-electron chi connectivity index (χ3n) is 3.41. The van der Waals surface area contributed by atoms with Crippen LogP contribution in [0.25, 0.3) is 0 Å². The SMILES string of the molecule is CC[N+]1(CCOCCN)CCCCC1. The Kier molecular flexibility index (Phi) is 5.45. The van der Waals surface area contributed by atoms with E-state index in [-0.39, 0.29) is 0 Å². The summed E-state index contributed by atoms with van der Waals surface area (Å²) >= 11 is 0. The van der Waals surface area contributed by atoms with Gasteiger partial charge in [0.15, 0.2) is 0 Å². The molecule has 2 N–H and O–H groups in total. The summed E-state index contributed by atoms with van der Waals surface area (Å²) in [7, 11) is 0.